The van der Waals surface area contributed by atoms with Crippen molar-refractivity contribution in [1.82, 2.24) is 5.32 Å². The predicted octanol–water partition coefficient (Wildman–Crippen LogP) is 2.59. The Morgan fingerprint density at radius 1 is 1.22 bits per heavy atom. The van der Waals surface area contributed by atoms with Crippen LogP contribution in [0.15, 0.2) is 36.4 Å². The Kier molecular flexibility index (Phi) is 3.23. The quantitative estimate of drug-likeness (QED) is 0.837. The van der Waals surface area contributed by atoms with Crippen molar-refractivity contribution in [2.45, 2.75) is 37.3 Å². The van der Waals surface area contributed by atoms with Crippen LogP contribution in [-0.2, 0) is 0 Å². The van der Waals surface area contributed by atoms with Crippen molar-refractivity contribution < 1.29 is 5.11 Å². The Hall–Kier alpha value is -1.12. The van der Waals surface area contributed by atoms with E-state index in [0.717, 1.165) is 25.8 Å². The first-order chi connectivity index (χ1) is 8.78. The fourth-order valence-corrected chi connectivity index (χ4v) is 3.47. The number of hydrogen-bond donors (Lipinski definition) is 2. The summed E-state index contributed by atoms with van der Waals surface area (Å²) in [6, 6.07) is 10.8. The molecule has 1 aromatic rings. The third kappa shape index (κ3) is 2.23. The van der Waals surface area contributed by atoms with E-state index in [9.17, 15) is 5.11 Å². The molecule has 1 aliphatic carbocycles. The summed E-state index contributed by atoms with van der Waals surface area (Å²) < 4.78 is 0. The van der Waals surface area contributed by atoms with Crippen molar-refractivity contribution in [1.29, 1.82) is 0 Å². The third-order valence-electron chi connectivity index (χ3n) is 4.45. The van der Waals surface area contributed by atoms with E-state index in [0.29, 0.717) is 12.0 Å². The summed E-state index contributed by atoms with van der Waals surface area (Å²) in [5, 5.41) is 14.4. The summed E-state index contributed by atoms with van der Waals surface area (Å²) in [4.78, 5) is 0. The Morgan fingerprint density at radius 2 is 2.06 bits per heavy atom. The predicted molar refractivity (Wildman–Crippen MR) is 74.2 cm³/mol. The zero-order valence-electron chi connectivity index (χ0n) is 10.7. The highest BCUT2D eigenvalue weighted by molar-refractivity contribution is 5.50. The molecular weight excluding hydrogens is 222 g/mol. The molecule has 18 heavy (non-hydrogen) atoms. The highest BCUT2D eigenvalue weighted by atomic mass is 16.3. The number of fused-ring (bicyclic) bond motifs is 1. The summed E-state index contributed by atoms with van der Waals surface area (Å²) in [5.74, 6) is 0.395. The van der Waals surface area contributed by atoms with Crippen molar-refractivity contribution in [2.24, 2.45) is 5.92 Å². The van der Waals surface area contributed by atoms with Gasteiger partial charge in [-0.3, -0.25) is 0 Å². The van der Waals surface area contributed by atoms with Gasteiger partial charge in [-0.25, -0.2) is 0 Å². The second-order valence-electron chi connectivity index (χ2n) is 5.58. The van der Waals surface area contributed by atoms with Crippen LogP contribution in [0.25, 0.3) is 6.08 Å². The van der Waals surface area contributed by atoms with E-state index in [1.54, 1.807) is 0 Å². The normalized spacial score (nSPS) is 35.8. The van der Waals surface area contributed by atoms with Gasteiger partial charge < -0.3 is 10.4 Å². The molecule has 2 N–H and O–H groups in total. The van der Waals surface area contributed by atoms with Gasteiger partial charge in [0.25, 0.3) is 0 Å². The third-order valence-corrected chi connectivity index (χ3v) is 4.45. The minimum absolute atomic E-state index is 0.395. The SMILES string of the molecule is OC1(/C=C/c2ccccc2)CCCC2NCCC21. The van der Waals surface area contributed by atoms with Gasteiger partial charge in [-0.1, -0.05) is 42.5 Å². The molecule has 1 aromatic carbocycles. The molecule has 1 saturated heterocycles. The van der Waals surface area contributed by atoms with E-state index < -0.39 is 5.60 Å². The highest BCUT2D eigenvalue weighted by Gasteiger charge is 2.44. The fourth-order valence-electron chi connectivity index (χ4n) is 3.47. The molecule has 0 radical (unpaired) electrons. The molecule has 3 atom stereocenters. The van der Waals surface area contributed by atoms with E-state index in [2.05, 4.69) is 23.5 Å². The minimum atomic E-state index is -0.609. The molecule has 1 saturated carbocycles. The Morgan fingerprint density at radius 3 is 2.89 bits per heavy atom. The Balaban J connectivity index is 1.79. The summed E-state index contributed by atoms with van der Waals surface area (Å²) in [6.45, 7) is 1.05. The molecule has 0 aromatic heterocycles. The lowest BCUT2D eigenvalue weighted by molar-refractivity contribution is -0.00718. The molecule has 3 unspecified atom stereocenters. The van der Waals surface area contributed by atoms with Gasteiger partial charge in [-0.2, -0.15) is 0 Å². The zero-order valence-corrected chi connectivity index (χ0v) is 10.7. The van der Waals surface area contributed by atoms with Crippen molar-refractivity contribution >= 4 is 6.08 Å². The van der Waals surface area contributed by atoms with Crippen LogP contribution in [0.2, 0.25) is 0 Å². The lowest BCUT2D eigenvalue weighted by atomic mass is 9.72. The maximum atomic E-state index is 10.9. The lowest BCUT2D eigenvalue weighted by Gasteiger charge is -2.39. The number of benzene rings is 1. The van der Waals surface area contributed by atoms with Gasteiger partial charge >= 0.3 is 0 Å². The van der Waals surface area contributed by atoms with Crippen molar-refractivity contribution in [3.05, 3.63) is 42.0 Å². The average Bonchev–Trinajstić information content (AvgIpc) is 2.88. The molecule has 1 heterocycles. The molecule has 2 heteroatoms. The van der Waals surface area contributed by atoms with Gasteiger partial charge in [0.15, 0.2) is 0 Å². The van der Waals surface area contributed by atoms with E-state index in [1.165, 1.54) is 12.0 Å². The Bertz CT molecular complexity index is 428. The molecule has 0 amide bonds. The molecule has 2 nitrogen and oxygen atoms in total. The first-order valence-corrected chi connectivity index (χ1v) is 6.98. The van der Waals surface area contributed by atoms with Crippen molar-refractivity contribution in [2.75, 3.05) is 6.54 Å². The zero-order chi connectivity index (χ0) is 12.4. The summed E-state index contributed by atoms with van der Waals surface area (Å²) in [6.07, 6.45) is 8.43. The molecule has 3 rings (SSSR count). The largest absolute Gasteiger partial charge is 0.385 e. The number of rotatable bonds is 2. The maximum Gasteiger partial charge on any atom is 0.0874 e. The van der Waals surface area contributed by atoms with Crippen molar-refractivity contribution in [3.8, 4) is 0 Å². The van der Waals surface area contributed by atoms with Crippen LogP contribution >= 0.6 is 0 Å². The second kappa shape index (κ2) is 4.87. The van der Waals surface area contributed by atoms with Crippen LogP contribution in [0.3, 0.4) is 0 Å². The topological polar surface area (TPSA) is 32.3 Å². The van der Waals surface area contributed by atoms with Gasteiger partial charge in [-0.05, 0) is 37.8 Å². The molecule has 96 valence electrons. The second-order valence-corrected chi connectivity index (χ2v) is 5.58. The lowest BCUT2D eigenvalue weighted by Crippen LogP contribution is -2.46. The van der Waals surface area contributed by atoms with Gasteiger partial charge in [0.2, 0.25) is 0 Å². The minimum Gasteiger partial charge on any atom is -0.385 e. The maximum absolute atomic E-state index is 10.9. The summed E-state index contributed by atoms with van der Waals surface area (Å²) in [7, 11) is 0. The number of aliphatic hydroxyl groups is 1. The first kappa shape index (κ1) is 11.9. The standard InChI is InChI=1S/C16H21NO/c18-16(11-8-13-5-2-1-3-6-13)10-4-7-15-14(16)9-12-17-15/h1-3,5-6,8,11,14-15,17-18H,4,7,9-10,12H2/b11-8+. The van der Waals surface area contributed by atoms with Gasteiger partial charge in [-0.15, -0.1) is 0 Å². The molecular formula is C16H21NO. The van der Waals surface area contributed by atoms with Crippen LogP contribution in [0.4, 0.5) is 0 Å². The van der Waals surface area contributed by atoms with Crippen LogP contribution < -0.4 is 5.32 Å². The molecule has 2 aliphatic rings. The first-order valence-electron chi connectivity index (χ1n) is 6.98. The summed E-state index contributed by atoms with van der Waals surface area (Å²) >= 11 is 0. The van der Waals surface area contributed by atoms with Crippen LogP contribution in [-0.4, -0.2) is 23.3 Å². The van der Waals surface area contributed by atoms with Crippen LogP contribution in [0.1, 0.15) is 31.2 Å². The fraction of sp³-hybridized carbons (Fsp3) is 0.500. The molecule has 1 aliphatic heterocycles. The molecule has 2 fully saturated rings. The van der Waals surface area contributed by atoms with Gasteiger partial charge in [0.1, 0.15) is 0 Å². The van der Waals surface area contributed by atoms with Crippen molar-refractivity contribution in [3.63, 3.8) is 0 Å². The monoisotopic (exact) mass is 243 g/mol. The van der Waals surface area contributed by atoms with Gasteiger partial charge in [0, 0.05) is 12.0 Å². The summed E-state index contributed by atoms with van der Waals surface area (Å²) in [5.41, 5.74) is 0.557. The Labute approximate surface area is 109 Å². The van der Waals surface area contributed by atoms with E-state index in [4.69, 9.17) is 0 Å². The average molecular weight is 243 g/mol. The van der Waals surface area contributed by atoms with E-state index in [-0.39, 0.29) is 0 Å². The van der Waals surface area contributed by atoms with Gasteiger partial charge in [0.05, 0.1) is 5.60 Å². The molecule has 0 bridgehead atoms. The van der Waals surface area contributed by atoms with E-state index in [1.807, 2.05) is 24.3 Å². The van der Waals surface area contributed by atoms with Crippen LogP contribution in [0.5, 0.6) is 0 Å². The number of nitrogens with one attached hydrogen (secondary N) is 1. The molecule has 0 spiro atoms. The van der Waals surface area contributed by atoms with Crippen LogP contribution in [0, 0.1) is 5.92 Å². The number of hydrogen-bond acceptors (Lipinski definition) is 2. The smallest absolute Gasteiger partial charge is 0.0874 e. The van der Waals surface area contributed by atoms with E-state index >= 15 is 0 Å². The highest BCUT2D eigenvalue weighted by Crippen LogP contribution is 2.40.